The number of carbonyl (C=O) groups excluding carboxylic acids is 1. The molecule has 1 saturated heterocycles. The Balaban J connectivity index is 1.74. The van der Waals surface area contributed by atoms with Crippen molar-refractivity contribution in [1.82, 2.24) is 10.2 Å². The highest BCUT2D eigenvalue weighted by Crippen LogP contribution is 2.16. The third-order valence-corrected chi connectivity index (χ3v) is 4.25. The first-order valence-electron chi connectivity index (χ1n) is 8.02. The Morgan fingerprint density at radius 2 is 1.95 bits per heavy atom. The summed E-state index contributed by atoms with van der Waals surface area (Å²) < 4.78 is 0. The van der Waals surface area contributed by atoms with Gasteiger partial charge in [-0.05, 0) is 62.5 Å². The molecule has 0 spiro atoms. The molecule has 1 aromatic rings. The highest BCUT2D eigenvalue weighted by Gasteiger charge is 2.19. The van der Waals surface area contributed by atoms with E-state index >= 15 is 0 Å². The van der Waals surface area contributed by atoms with Crippen molar-refractivity contribution in [3.63, 3.8) is 0 Å². The summed E-state index contributed by atoms with van der Waals surface area (Å²) in [6.07, 6.45) is 3.60. The fourth-order valence-corrected chi connectivity index (χ4v) is 2.86. The van der Waals surface area contributed by atoms with Crippen molar-refractivity contribution in [2.24, 2.45) is 11.7 Å². The predicted octanol–water partition coefficient (Wildman–Crippen LogP) is 2.00. The van der Waals surface area contributed by atoms with E-state index in [-0.39, 0.29) is 5.91 Å². The van der Waals surface area contributed by atoms with Crippen LogP contribution >= 0.6 is 0 Å². The van der Waals surface area contributed by atoms with Crippen LogP contribution in [0.25, 0.3) is 0 Å². The van der Waals surface area contributed by atoms with E-state index in [1.807, 2.05) is 24.3 Å². The average molecular weight is 289 g/mol. The highest BCUT2D eigenvalue weighted by atomic mass is 16.1. The summed E-state index contributed by atoms with van der Waals surface area (Å²) in [7, 11) is 0. The lowest BCUT2D eigenvalue weighted by molar-refractivity contribution is 0.0936. The molecular formula is C17H27N3O. The third-order valence-electron chi connectivity index (χ3n) is 4.25. The van der Waals surface area contributed by atoms with E-state index in [9.17, 15) is 4.79 Å². The van der Waals surface area contributed by atoms with Crippen molar-refractivity contribution in [3.05, 3.63) is 35.4 Å². The van der Waals surface area contributed by atoms with Crippen LogP contribution in [0.1, 0.15) is 42.1 Å². The zero-order chi connectivity index (χ0) is 15.1. The van der Waals surface area contributed by atoms with Crippen molar-refractivity contribution in [2.75, 3.05) is 26.2 Å². The summed E-state index contributed by atoms with van der Waals surface area (Å²) in [4.78, 5) is 14.6. The predicted molar refractivity (Wildman–Crippen MR) is 86.1 cm³/mol. The molecule has 1 heterocycles. The van der Waals surface area contributed by atoms with Gasteiger partial charge in [-0.2, -0.15) is 0 Å². The van der Waals surface area contributed by atoms with Crippen LogP contribution in [0.15, 0.2) is 24.3 Å². The maximum Gasteiger partial charge on any atom is 0.251 e. The minimum atomic E-state index is 0.0227. The number of piperidine rings is 1. The number of benzene rings is 1. The number of hydrogen-bond donors (Lipinski definition) is 2. The molecular weight excluding hydrogens is 262 g/mol. The van der Waals surface area contributed by atoms with Gasteiger partial charge in [0.25, 0.3) is 5.91 Å². The largest absolute Gasteiger partial charge is 0.352 e. The first-order valence-corrected chi connectivity index (χ1v) is 8.02. The van der Waals surface area contributed by atoms with Crippen molar-refractivity contribution in [2.45, 2.75) is 32.7 Å². The molecule has 1 aliphatic rings. The van der Waals surface area contributed by atoms with Gasteiger partial charge >= 0.3 is 0 Å². The second-order valence-corrected chi connectivity index (χ2v) is 5.90. The molecule has 1 amide bonds. The molecule has 0 saturated carbocycles. The van der Waals surface area contributed by atoms with Crippen molar-refractivity contribution in [1.29, 1.82) is 0 Å². The molecule has 0 unspecified atom stereocenters. The van der Waals surface area contributed by atoms with Gasteiger partial charge in [-0.3, -0.25) is 4.79 Å². The lowest BCUT2D eigenvalue weighted by atomic mass is 9.96. The lowest BCUT2D eigenvalue weighted by Gasteiger charge is -2.31. The first kappa shape index (κ1) is 16.0. The van der Waals surface area contributed by atoms with Gasteiger partial charge in [-0.1, -0.05) is 19.1 Å². The second kappa shape index (κ2) is 8.15. The molecule has 21 heavy (non-hydrogen) atoms. The van der Waals surface area contributed by atoms with Gasteiger partial charge in [0.2, 0.25) is 0 Å². The number of hydrogen-bond acceptors (Lipinski definition) is 3. The monoisotopic (exact) mass is 289 g/mol. The molecule has 1 aromatic carbocycles. The van der Waals surface area contributed by atoms with E-state index < -0.39 is 0 Å². The van der Waals surface area contributed by atoms with E-state index in [1.54, 1.807) is 0 Å². The quantitative estimate of drug-likeness (QED) is 0.842. The van der Waals surface area contributed by atoms with Gasteiger partial charge in [0, 0.05) is 18.7 Å². The molecule has 4 heteroatoms. The number of nitrogens with two attached hydrogens (primary N) is 1. The topological polar surface area (TPSA) is 58.4 Å². The summed E-state index contributed by atoms with van der Waals surface area (Å²) in [5.74, 6) is 0.639. The van der Waals surface area contributed by atoms with E-state index in [4.69, 9.17) is 5.73 Å². The molecule has 0 aliphatic carbocycles. The van der Waals surface area contributed by atoms with E-state index in [2.05, 4.69) is 17.1 Å². The Morgan fingerprint density at radius 3 is 2.52 bits per heavy atom. The fraction of sp³-hybridized carbons (Fsp3) is 0.588. The van der Waals surface area contributed by atoms with E-state index in [0.29, 0.717) is 12.5 Å². The highest BCUT2D eigenvalue weighted by molar-refractivity contribution is 5.94. The summed E-state index contributed by atoms with van der Waals surface area (Å²) in [5.41, 5.74) is 7.33. The number of rotatable bonds is 6. The molecule has 4 nitrogen and oxygen atoms in total. The Hall–Kier alpha value is -1.39. The molecule has 0 atom stereocenters. The molecule has 3 N–H and O–H groups in total. The number of nitrogens with zero attached hydrogens (tertiary/aromatic N) is 1. The van der Waals surface area contributed by atoms with Gasteiger partial charge in [-0.25, -0.2) is 0 Å². The maximum atomic E-state index is 12.1. The maximum absolute atomic E-state index is 12.1. The number of carbonyl (C=O) groups is 1. The van der Waals surface area contributed by atoms with Crippen LogP contribution in [0, 0.1) is 5.92 Å². The van der Waals surface area contributed by atoms with Crippen LogP contribution in [0.2, 0.25) is 0 Å². The van der Waals surface area contributed by atoms with Gasteiger partial charge in [0.05, 0.1) is 0 Å². The number of nitrogens with one attached hydrogen (secondary N) is 1. The summed E-state index contributed by atoms with van der Waals surface area (Å²) in [6.45, 7) is 7.06. The van der Waals surface area contributed by atoms with E-state index in [0.717, 1.165) is 17.7 Å². The Kier molecular flexibility index (Phi) is 6.21. The summed E-state index contributed by atoms with van der Waals surface area (Å²) in [5, 5.41) is 3.06. The van der Waals surface area contributed by atoms with Crippen LogP contribution in [0.5, 0.6) is 0 Å². The molecule has 1 aliphatic heterocycles. The van der Waals surface area contributed by atoms with Gasteiger partial charge < -0.3 is 16.0 Å². The fourth-order valence-electron chi connectivity index (χ4n) is 2.86. The van der Waals surface area contributed by atoms with Gasteiger partial charge in [0.15, 0.2) is 0 Å². The minimum absolute atomic E-state index is 0.0227. The van der Waals surface area contributed by atoms with Gasteiger partial charge in [0.1, 0.15) is 0 Å². The minimum Gasteiger partial charge on any atom is -0.352 e. The SMILES string of the molecule is CCCN1CCC(CNC(=O)c2ccc(CN)cc2)CC1. The van der Waals surface area contributed by atoms with Crippen molar-refractivity contribution >= 4 is 5.91 Å². The molecule has 0 aromatic heterocycles. The summed E-state index contributed by atoms with van der Waals surface area (Å²) >= 11 is 0. The zero-order valence-electron chi connectivity index (χ0n) is 13.0. The Morgan fingerprint density at radius 1 is 1.29 bits per heavy atom. The van der Waals surface area contributed by atoms with Gasteiger partial charge in [-0.15, -0.1) is 0 Å². The van der Waals surface area contributed by atoms with Crippen LogP contribution in [0.3, 0.4) is 0 Å². The zero-order valence-corrected chi connectivity index (χ0v) is 13.0. The molecule has 0 radical (unpaired) electrons. The average Bonchev–Trinajstić information content (AvgIpc) is 2.54. The lowest BCUT2D eigenvalue weighted by Crippen LogP contribution is -2.38. The molecule has 2 rings (SSSR count). The molecule has 116 valence electrons. The number of amides is 1. The van der Waals surface area contributed by atoms with Crippen molar-refractivity contribution < 1.29 is 4.79 Å². The van der Waals surface area contributed by atoms with Crippen LogP contribution < -0.4 is 11.1 Å². The van der Waals surface area contributed by atoms with Crippen LogP contribution in [-0.4, -0.2) is 37.0 Å². The molecule has 1 fully saturated rings. The number of likely N-dealkylation sites (tertiary alicyclic amines) is 1. The smallest absolute Gasteiger partial charge is 0.251 e. The van der Waals surface area contributed by atoms with E-state index in [1.165, 1.54) is 38.9 Å². The third kappa shape index (κ3) is 4.83. The molecule has 0 bridgehead atoms. The normalized spacial score (nSPS) is 16.9. The van der Waals surface area contributed by atoms with Crippen LogP contribution in [0.4, 0.5) is 0 Å². The second-order valence-electron chi connectivity index (χ2n) is 5.90. The van der Waals surface area contributed by atoms with Crippen molar-refractivity contribution in [3.8, 4) is 0 Å². The summed E-state index contributed by atoms with van der Waals surface area (Å²) in [6, 6.07) is 7.53. The standard InChI is InChI=1S/C17H27N3O/c1-2-9-20-10-7-15(8-11-20)13-19-17(21)16-5-3-14(12-18)4-6-16/h3-6,15H,2,7-13,18H2,1H3,(H,19,21). The van der Waals surface area contributed by atoms with Crippen LogP contribution in [-0.2, 0) is 6.54 Å². The first-order chi connectivity index (χ1) is 10.2. The Bertz CT molecular complexity index is 436. The Labute approximate surface area is 127 Å².